The van der Waals surface area contributed by atoms with E-state index in [0.29, 0.717) is 29.3 Å². The number of carbonyl (C=O) groups is 1. The van der Waals surface area contributed by atoms with Gasteiger partial charge in [-0.3, -0.25) is 9.69 Å². The van der Waals surface area contributed by atoms with Crippen LogP contribution in [0.15, 0.2) is 36.7 Å². The molecule has 0 spiro atoms. The highest BCUT2D eigenvalue weighted by atomic mass is 32.2. The summed E-state index contributed by atoms with van der Waals surface area (Å²) in [5, 5.41) is 8.13. The average Bonchev–Trinajstić information content (AvgIpc) is 3.58. The molecule has 35 heavy (non-hydrogen) atoms. The number of ether oxygens (including phenoxy) is 2. The number of benzene rings is 1. The molecule has 2 aromatic heterocycles. The second-order valence-electron chi connectivity index (χ2n) is 9.08. The van der Waals surface area contributed by atoms with Crippen molar-refractivity contribution in [3.05, 3.63) is 47.8 Å². The Kier molecular flexibility index (Phi) is 6.37. The lowest BCUT2D eigenvalue weighted by Gasteiger charge is -2.28. The van der Waals surface area contributed by atoms with Crippen LogP contribution in [0.5, 0.6) is 11.5 Å². The molecule has 11 heteroatoms. The topological polar surface area (TPSA) is 116 Å². The van der Waals surface area contributed by atoms with Gasteiger partial charge in [0.05, 0.1) is 50.1 Å². The van der Waals surface area contributed by atoms with Crippen molar-refractivity contribution < 1.29 is 22.7 Å². The van der Waals surface area contributed by atoms with Crippen LogP contribution in [0.4, 0.5) is 0 Å². The molecule has 0 radical (unpaired) electrons. The van der Waals surface area contributed by atoms with Gasteiger partial charge in [-0.15, -0.1) is 0 Å². The lowest BCUT2D eigenvalue weighted by Crippen LogP contribution is -2.50. The number of aromatic nitrogens is 3. The second-order valence-corrected chi connectivity index (χ2v) is 11.2. The highest BCUT2D eigenvalue weighted by molar-refractivity contribution is 7.91. The summed E-state index contributed by atoms with van der Waals surface area (Å²) < 4.78 is 37.1. The number of sulfone groups is 1. The standard InChI is InChI=1S/C24H29N5O5S/c1-33-19-6-5-16(22(10-19)34-2)13-29-23-17(12-26-29)9-18(11-25-23)24(30)27-20-14-35(31,32)15-21(20)28-7-3-4-8-28/h5-6,9-12,20-21H,3-4,7-8,13-15H2,1-2H3,(H,27,30). The van der Waals surface area contributed by atoms with Crippen LogP contribution in [-0.2, 0) is 16.4 Å². The number of nitrogens with zero attached hydrogens (tertiary/aromatic N) is 4. The Morgan fingerprint density at radius 2 is 1.91 bits per heavy atom. The fourth-order valence-electron chi connectivity index (χ4n) is 5.01. The third kappa shape index (κ3) is 4.83. The van der Waals surface area contributed by atoms with E-state index < -0.39 is 15.9 Å². The molecule has 186 valence electrons. The van der Waals surface area contributed by atoms with E-state index in [0.717, 1.165) is 36.9 Å². The number of hydrogen-bond acceptors (Lipinski definition) is 8. The zero-order valence-corrected chi connectivity index (χ0v) is 20.6. The van der Waals surface area contributed by atoms with Gasteiger partial charge in [0.25, 0.3) is 5.91 Å². The maximum Gasteiger partial charge on any atom is 0.253 e. The van der Waals surface area contributed by atoms with E-state index in [1.807, 2.05) is 18.2 Å². The smallest absolute Gasteiger partial charge is 0.253 e. The van der Waals surface area contributed by atoms with Gasteiger partial charge in [0.2, 0.25) is 0 Å². The van der Waals surface area contributed by atoms with Gasteiger partial charge in [0.15, 0.2) is 15.5 Å². The molecule has 0 aliphatic carbocycles. The molecule has 1 N–H and O–H groups in total. The molecule has 2 atom stereocenters. The van der Waals surface area contributed by atoms with E-state index in [1.54, 1.807) is 31.2 Å². The molecular formula is C24H29N5O5S. The van der Waals surface area contributed by atoms with Crippen molar-refractivity contribution >= 4 is 26.8 Å². The Morgan fingerprint density at radius 1 is 1.11 bits per heavy atom. The summed E-state index contributed by atoms with van der Waals surface area (Å²) >= 11 is 0. The van der Waals surface area contributed by atoms with Crippen LogP contribution < -0.4 is 14.8 Å². The first-order valence-corrected chi connectivity index (χ1v) is 13.5. The number of hydrogen-bond donors (Lipinski definition) is 1. The van der Waals surface area contributed by atoms with Gasteiger partial charge in [-0.2, -0.15) is 5.10 Å². The molecular weight excluding hydrogens is 470 g/mol. The summed E-state index contributed by atoms with van der Waals surface area (Å²) in [4.78, 5) is 19.7. The molecule has 5 rings (SSSR count). The number of rotatable bonds is 7. The van der Waals surface area contributed by atoms with Crippen molar-refractivity contribution in [2.24, 2.45) is 0 Å². The largest absolute Gasteiger partial charge is 0.497 e. The predicted octanol–water partition coefficient (Wildman–Crippen LogP) is 1.49. The maximum atomic E-state index is 13.0. The summed E-state index contributed by atoms with van der Waals surface area (Å²) in [5.74, 6) is 1.12. The molecule has 4 heterocycles. The van der Waals surface area contributed by atoms with Crippen molar-refractivity contribution in [3.8, 4) is 11.5 Å². The van der Waals surface area contributed by atoms with Crippen LogP contribution in [0.25, 0.3) is 11.0 Å². The van der Waals surface area contributed by atoms with Crippen LogP contribution >= 0.6 is 0 Å². The Morgan fingerprint density at radius 3 is 2.66 bits per heavy atom. The van der Waals surface area contributed by atoms with Gasteiger partial charge >= 0.3 is 0 Å². The number of carbonyl (C=O) groups excluding carboxylic acids is 1. The Labute approximate surface area is 204 Å². The number of amides is 1. The van der Waals surface area contributed by atoms with Crippen LogP contribution in [0.1, 0.15) is 28.8 Å². The lowest BCUT2D eigenvalue weighted by molar-refractivity contribution is 0.0918. The van der Waals surface area contributed by atoms with E-state index in [1.165, 1.54) is 6.20 Å². The third-order valence-corrected chi connectivity index (χ3v) is 8.52. The summed E-state index contributed by atoms with van der Waals surface area (Å²) in [6, 6.07) is 6.73. The van der Waals surface area contributed by atoms with E-state index in [-0.39, 0.29) is 23.5 Å². The van der Waals surface area contributed by atoms with Gasteiger partial charge in [0.1, 0.15) is 11.5 Å². The van der Waals surface area contributed by atoms with Gasteiger partial charge in [-0.1, -0.05) is 0 Å². The highest BCUT2D eigenvalue weighted by Crippen LogP contribution is 2.26. The molecule has 0 saturated carbocycles. The van der Waals surface area contributed by atoms with Gasteiger partial charge in [0, 0.05) is 29.3 Å². The molecule has 10 nitrogen and oxygen atoms in total. The number of pyridine rings is 1. The summed E-state index contributed by atoms with van der Waals surface area (Å²) in [5.41, 5.74) is 1.93. The molecule has 2 unspecified atom stereocenters. The Bertz CT molecular complexity index is 1350. The van der Waals surface area contributed by atoms with Gasteiger partial charge in [-0.05, 0) is 44.1 Å². The van der Waals surface area contributed by atoms with Crippen molar-refractivity contribution in [3.63, 3.8) is 0 Å². The zero-order valence-electron chi connectivity index (χ0n) is 19.8. The maximum absolute atomic E-state index is 13.0. The van der Waals surface area contributed by atoms with E-state index >= 15 is 0 Å². The van der Waals surface area contributed by atoms with Gasteiger partial charge in [-0.25, -0.2) is 18.1 Å². The van der Waals surface area contributed by atoms with E-state index in [4.69, 9.17) is 9.47 Å². The summed E-state index contributed by atoms with van der Waals surface area (Å²) in [6.45, 7) is 2.18. The van der Waals surface area contributed by atoms with Crippen molar-refractivity contribution in [2.75, 3.05) is 38.8 Å². The first-order chi connectivity index (χ1) is 16.9. The SMILES string of the molecule is COc1ccc(Cn2ncc3cc(C(=O)NC4CS(=O)(=O)CC4N4CCCC4)cnc32)c(OC)c1. The molecule has 2 aliphatic rings. The number of fused-ring (bicyclic) bond motifs is 1. The monoisotopic (exact) mass is 499 g/mol. The lowest BCUT2D eigenvalue weighted by atomic mass is 10.1. The highest BCUT2D eigenvalue weighted by Gasteiger charge is 2.42. The fraction of sp³-hybridized carbons (Fsp3) is 0.458. The predicted molar refractivity (Wildman–Crippen MR) is 131 cm³/mol. The average molecular weight is 500 g/mol. The minimum absolute atomic E-state index is 0.0305. The molecule has 3 aromatic rings. The zero-order chi connectivity index (χ0) is 24.6. The molecule has 2 fully saturated rings. The quantitative estimate of drug-likeness (QED) is 0.520. The first-order valence-electron chi connectivity index (χ1n) is 11.6. The van der Waals surface area contributed by atoms with Crippen LogP contribution in [0, 0.1) is 0 Å². The summed E-state index contributed by atoms with van der Waals surface area (Å²) in [6.07, 6.45) is 5.30. The third-order valence-electron chi connectivity index (χ3n) is 6.80. The van der Waals surface area contributed by atoms with Crippen LogP contribution in [-0.4, -0.2) is 84.9 Å². The first kappa shape index (κ1) is 23.6. The molecule has 2 saturated heterocycles. The minimum atomic E-state index is -3.18. The Hall–Kier alpha value is -3.18. The van der Waals surface area contributed by atoms with Gasteiger partial charge < -0.3 is 14.8 Å². The number of nitrogens with one attached hydrogen (secondary N) is 1. The molecule has 2 aliphatic heterocycles. The van der Waals surface area contributed by atoms with Crippen LogP contribution in [0.3, 0.4) is 0 Å². The Balaban J connectivity index is 1.34. The number of methoxy groups -OCH3 is 2. The normalized spacial score (nSPS) is 21.9. The molecule has 0 bridgehead atoms. The van der Waals surface area contributed by atoms with Crippen LogP contribution in [0.2, 0.25) is 0 Å². The fourth-order valence-corrected chi connectivity index (χ4v) is 6.96. The molecule has 1 aromatic carbocycles. The van der Waals surface area contributed by atoms with E-state index in [9.17, 15) is 13.2 Å². The summed E-state index contributed by atoms with van der Waals surface area (Å²) in [7, 11) is 0.0214. The minimum Gasteiger partial charge on any atom is -0.497 e. The van der Waals surface area contributed by atoms with E-state index in [2.05, 4.69) is 20.3 Å². The number of likely N-dealkylation sites (tertiary alicyclic amines) is 1. The second kappa shape index (κ2) is 9.46. The van der Waals surface area contributed by atoms with Crippen molar-refractivity contribution in [1.82, 2.24) is 25.0 Å². The molecule has 1 amide bonds. The van der Waals surface area contributed by atoms with Crippen molar-refractivity contribution in [2.45, 2.75) is 31.5 Å². The van der Waals surface area contributed by atoms with Crippen molar-refractivity contribution in [1.29, 1.82) is 0 Å².